The van der Waals surface area contributed by atoms with Crippen LogP contribution in [0.15, 0.2) is 21.8 Å². The van der Waals surface area contributed by atoms with Crippen LogP contribution in [0, 0.1) is 0 Å². The van der Waals surface area contributed by atoms with Gasteiger partial charge in [-0.05, 0) is 15.9 Å². The minimum Gasteiger partial charge on any atom is -0.358 e. The summed E-state index contributed by atoms with van der Waals surface area (Å²) in [6.07, 6.45) is 2.71. The Hall–Kier alpha value is -1.17. The van der Waals surface area contributed by atoms with Crippen molar-refractivity contribution in [3.63, 3.8) is 0 Å². The average molecular weight is 246 g/mol. The summed E-state index contributed by atoms with van der Waals surface area (Å²) in [6, 6.07) is 0. The van der Waals surface area contributed by atoms with Crippen molar-refractivity contribution in [2.75, 3.05) is 7.05 Å². The lowest BCUT2D eigenvalue weighted by Crippen LogP contribution is -2.30. The second-order valence-corrected chi connectivity index (χ2v) is 3.20. The van der Waals surface area contributed by atoms with E-state index in [2.05, 4.69) is 26.2 Å². The van der Waals surface area contributed by atoms with Gasteiger partial charge in [0.15, 0.2) is 0 Å². The lowest BCUT2D eigenvalue weighted by molar-refractivity contribution is -0.121. The molecule has 0 aromatic carbocycles. The van der Waals surface area contributed by atoms with Crippen LogP contribution in [0.25, 0.3) is 0 Å². The molecule has 1 heterocycles. The van der Waals surface area contributed by atoms with Crippen LogP contribution in [0.5, 0.6) is 0 Å². The Bertz CT molecular complexity index is 374. The summed E-state index contributed by atoms with van der Waals surface area (Å²) >= 11 is 3.03. The van der Waals surface area contributed by atoms with E-state index in [4.69, 9.17) is 0 Å². The Morgan fingerprint density at radius 2 is 2.46 bits per heavy atom. The zero-order chi connectivity index (χ0) is 9.84. The molecule has 1 N–H and O–H groups in total. The van der Waals surface area contributed by atoms with E-state index in [9.17, 15) is 9.59 Å². The first-order valence-electron chi connectivity index (χ1n) is 3.55. The molecule has 5 nitrogen and oxygen atoms in total. The molecule has 0 atom stereocenters. The van der Waals surface area contributed by atoms with Gasteiger partial charge in [-0.2, -0.15) is 0 Å². The van der Waals surface area contributed by atoms with Crippen molar-refractivity contribution in [2.45, 2.75) is 6.54 Å². The van der Waals surface area contributed by atoms with Crippen molar-refractivity contribution in [1.82, 2.24) is 14.9 Å². The zero-order valence-electron chi connectivity index (χ0n) is 6.95. The van der Waals surface area contributed by atoms with Crippen molar-refractivity contribution >= 4 is 21.8 Å². The Morgan fingerprint density at radius 1 is 1.77 bits per heavy atom. The van der Waals surface area contributed by atoms with Crippen LogP contribution in [-0.4, -0.2) is 22.5 Å². The van der Waals surface area contributed by atoms with Crippen molar-refractivity contribution in [1.29, 1.82) is 0 Å². The van der Waals surface area contributed by atoms with E-state index in [1.165, 1.54) is 24.1 Å². The monoisotopic (exact) mass is 245 g/mol. The number of amides is 1. The summed E-state index contributed by atoms with van der Waals surface area (Å²) in [7, 11) is 1.51. The molecule has 0 aliphatic heterocycles. The van der Waals surface area contributed by atoms with Gasteiger partial charge in [0.1, 0.15) is 11.0 Å². The molecule has 0 aliphatic rings. The summed E-state index contributed by atoms with van der Waals surface area (Å²) < 4.78 is 1.57. The van der Waals surface area contributed by atoms with Crippen molar-refractivity contribution in [3.05, 3.63) is 27.4 Å². The van der Waals surface area contributed by atoms with Crippen LogP contribution in [0.1, 0.15) is 0 Å². The molecule has 1 aromatic rings. The van der Waals surface area contributed by atoms with E-state index in [1.54, 1.807) is 0 Å². The molecule has 0 spiro atoms. The summed E-state index contributed by atoms with van der Waals surface area (Å²) in [5.74, 6) is -0.234. The van der Waals surface area contributed by atoms with Crippen molar-refractivity contribution in [3.8, 4) is 0 Å². The number of carbonyl (C=O) groups excluding carboxylic acids is 1. The molecule has 1 aromatic heterocycles. The molecule has 1 rings (SSSR count). The lowest BCUT2D eigenvalue weighted by Gasteiger charge is -2.02. The third-order valence-electron chi connectivity index (χ3n) is 1.45. The minimum absolute atomic E-state index is 0.0121. The maximum absolute atomic E-state index is 11.3. The van der Waals surface area contributed by atoms with E-state index < -0.39 is 0 Å². The van der Waals surface area contributed by atoms with Crippen LogP contribution in [-0.2, 0) is 11.3 Å². The first kappa shape index (κ1) is 9.91. The SMILES string of the molecule is CNC(=O)Cn1cncc(Br)c1=O. The highest BCUT2D eigenvalue weighted by atomic mass is 79.9. The van der Waals surface area contributed by atoms with Gasteiger partial charge in [-0.3, -0.25) is 14.2 Å². The molecule has 0 saturated heterocycles. The number of hydrogen-bond donors (Lipinski definition) is 1. The van der Waals surface area contributed by atoms with E-state index in [1.807, 2.05) is 0 Å². The van der Waals surface area contributed by atoms with Gasteiger partial charge in [-0.1, -0.05) is 0 Å². The second-order valence-electron chi connectivity index (χ2n) is 2.35. The minimum atomic E-state index is -0.265. The molecule has 70 valence electrons. The van der Waals surface area contributed by atoms with Gasteiger partial charge < -0.3 is 5.32 Å². The Kier molecular flexibility index (Phi) is 3.18. The van der Waals surface area contributed by atoms with E-state index in [0.717, 1.165) is 0 Å². The largest absolute Gasteiger partial charge is 0.358 e. The van der Waals surface area contributed by atoms with Gasteiger partial charge in [-0.25, -0.2) is 4.98 Å². The maximum Gasteiger partial charge on any atom is 0.268 e. The predicted octanol–water partition coefficient (Wildman–Crippen LogP) is -0.248. The molecule has 0 radical (unpaired) electrons. The van der Waals surface area contributed by atoms with Gasteiger partial charge in [0, 0.05) is 13.2 Å². The fraction of sp³-hybridized carbons (Fsp3) is 0.286. The molecule has 0 saturated carbocycles. The fourth-order valence-electron chi connectivity index (χ4n) is 0.770. The molecule has 0 aliphatic carbocycles. The first-order valence-corrected chi connectivity index (χ1v) is 4.35. The molecule has 6 heteroatoms. The smallest absolute Gasteiger partial charge is 0.268 e. The van der Waals surface area contributed by atoms with E-state index in [0.29, 0.717) is 4.47 Å². The first-order chi connectivity index (χ1) is 6.15. The highest BCUT2D eigenvalue weighted by Gasteiger charge is 2.04. The quantitative estimate of drug-likeness (QED) is 0.782. The summed E-state index contributed by atoms with van der Waals surface area (Å²) in [4.78, 5) is 26.0. The van der Waals surface area contributed by atoms with E-state index in [-0.39, 0.29) is 18.0 Å². The summed E-state index contributed by atoms with van der Waals surface area (Å²) in [5, 5.41) is 2.42. The number of likely N-dealkylation sites (N-methyl/N-ethyl adjacent to an activating group) is 1. The van der Waals surface area contributed by atoms with Gasteiger partial charge in [0.2, 0.25) is 5.91 Å². The standard InChI is InChI=1S/C7H8BrN3O2/c1-9-6(12)3-11-4-10-2-5(8)7(11)13/h2,4H,3H2,1H3,(H,9,12). The van der Waals surface area contributed by atoms with Gasteiger partial charge in [-0.15, -0.1) is 0 Å². The third-order valence-corrected chi connectivity index (χ3v) is 2.00. The second kappa shape index (κ2) is 4.18. The number of carbonyl (C=O) groups is 1. The Balaban J connectivity index is 2.96. The van der Waals surface area contributed by atoms with Crippen LogP contribution in [0.3, 0.4) is 0 Å². The van der Waals surface area contributed by atoms with Crippen LogP contribution < -0.4 is 10.9 Å². The van der Waals surface area contributed by atoms with Crippen LogP contribution in [0.2, 0.25) is 0 Å². The van der Waals surface area contributed by atoms with Gasteiger partial charge in [0.25, 0.3) is 5.56 Å². The zero-order valence-corrected chi connectivity index (χ0v) is 8.54. The summed E-state index contributed by atoms with van der Waals surface area (Å²) in [6.45, 7) is -0.0121. The number of nitrogens with zero attached hydrogens (tertiary/aromatic N) is 2. The van der Waals surface area contributed by atoms with E-state index >= 15 is 0 Å². The topological polar surface area (TPSA) is 64.0 Å². The van der Waals surface area contributed by atoms with Crippen molar-refractivity contribution in [2.24, 2.45) is 0 Å². The highest BCUT2D eigenvalue weighted by molar-refractivity contribution is 9.10. The van der Waals surface area contributed by atoms with Gasteiger partial charge in [0.05, 0.1) is 6.33 Å². The van der Waals surface area contributed by atoms with Crippen molar-refractivity contribution < 1.29 is 4.79 Å². The third kappa shape index (κ3) is 2.38. The number of nitrogens with one attached hydrogen (secondary N) is 1. The number of hydrogen-bond acceptors (Lipinski definition) is 3. The molecule has 0 fully saturated rings. The molecule has 0 bridgehead atoms. The Labute approximate surface area is 82.9 Å². The lowest BCUT2D eigenvalue weighted by atomic mass is 10.5. The highest BCUT2D eigenvalue weighted by Crippen LogP contribution is 1.97. The molecule has 0 unspecified atom stereocenters. The Morgan fingerprint density at radius 3 is 3.08 bits per heavy atom. The fourth-order valence-corrected chi connectivity index (χ4v) is 1.12. The molecule has 13 heavy (non-hydrogen) atoms. The molecule has 1 amide bonds. The normalized spacial score (nSPS) is 9.69. The summed E-state index contributed by atoms with van der Waals surface area (Å²) in [5.41, 5.74) is -0.265. The van der Waals surface area contributed by atoms with Crippen LogP contribution in [0.4, 0.5) is 0 Å². The maximum atomic E-state index is 11.3. The van der Waals surface area contributed by atoms with Crippen LogP contribution >= 0.6 is 15.9 Å². The number of halogens is 1. The average Bonchev–Trinajstić information content (AvgIpc) is 2.13. The molecular formula is C7H8BrN3O2. The molecular weight excluding hydrogens is 238 g/mol. The number of aromatic nitrogens is 2. The predicted molar refractivity (Wildman–Crippen MR) is 50.3 cm³/mol. The number of rotatable bonds is 2. The van der Waals surface area contributed by atoms with Gasteiger partial charge >= 0.3 is 0 Å².